The summed E-state index contributed by atoms with van der Waals surface area (Å²) in [4.78, 5) is 13.2. The SMILES string of the molecule is CC1CCCC(N(C)CCOc2ccc(C(=O)O)cc2)C1. The van der Waals surface area contributed by atoms with Crippen LogP contribution in [-0.4, -0.2) is 42.2 Å². The van der Waals surface area contributed by atoms with E-state index in [2.05, 4.69) is 18.9 Å². The fraction of sp³-hybridized carbons (Fsp3) is 0.588. The Hall–Kier alpha value is -1.55. The number of hydrogen-bond acceptors (Lipinski definition) is 3. The van der Waals surface area contributed by atoms with Crippen molar-refractivity contribution in [2.24, 2.45) is 5.92 Å². The summed E-state index contributed by atoms with van der Waals surface area (Å²) in [5.41, 5.74) is 0.288. The van der Waals surface area contributed by atoms with E-state index < -0.39 is 5.97 Å². The van der Waals surface area contributed by atoms with Crippen molar-refractivity contribution in [2.45, 2.75) is 38.6 Å². The molecule has 2 unspecified atom stereocenters. The number of rotatable bonds is 6. The van der Waals surface area contributed by atoms with Gasteiger partial charge >= 0.3 is 5.97 Å². The van der Waals surface area contributed by atoms with Gasteiger partial charge in [0.1, 0.15) is 12.4 Å². The van der Waals surface area contributed by atoms with E-state index in [4.69, 9.17) is 9.84 Å². The summed E-state index contributed by atoms with van der Waals surface area (Å²) in [6, 6.07) is 7.25. The zero-order chi connectivity index (χ0) is 15.2. The van der Waals surface area contributed by atoms with Crippen LogP contribution >= 0.6 is 0 Å². The van der Waals surface area contributed by atoms with Crippen LogP contribution in [0.2, 0.25) is 0 Å². The molecule has 1 N–H and O–H groups in total. The van der Waals surface area contributed by atoms with Gasteiger partial charge in [0.25, 0.3) is 0 Å². The van der Waals surface area contributed by atoms with E-state index in [0.717, 1.165) is 18.2 Å². The highest BCUT2D eigenvalue weighted by molar-refractivity contribution is 5.87. The lowest BCUT2D eigenvalue weighted by atomic mass is 9.86. The van der Waals surface area contributed by atoms with Gasteiger partial charge in [0.2, 0.25) is 0 Å². The van der Waals surface area contributed by atoms with Crippen molar-refractivity contribution in [2.75, 3.05) is 20.2 Å². The second-order valence-electron chi connectivity index (χ2n) is 6.08. The number of carbonyl (C=O) groups is 1. The summed E-state index contributed by atoms with van der Waals surface area (Å²) in [6.07, 6.45) is 5.25. The Kier molecular flexibility index (Phi) is 5.62. The number of ether oxygens (including phenoxy) is 1. The van der Waals surface area contributed by atoms with Gasteiger partial charge < -0.3 is 14.7 Å². The van der Waals surface area contributed by atoms with Crippen molar-refractivity contribution in [3.05, 3.63) is 29.8 Å². The predicted molar refractivity (Wildman–Crippen MR) is 82.9 cm³/mol. The second kappa shape index (κ2) is 7.46. The van der Waals surface area contributed by atoms with Crippen LogP contribution in [0.1, 0.15) is 43.0 Å². The smallest absolute Gasteiger partial charge is 0.335 e. The van der Waals surface area contributed by atoms with E-state index in [-0.39, 0.29) is 5.56 Å². The minimum Gasteiger partial charge on any atom is -0.492 e. The maximum atomic E-state index is 10.8. The van der Waals surface area contributed by atoms with Crippen molar-refractivity contribution >= 4 is 5.97 Å². The Balaban J connectivity index is 1.74. The van der Waals surface area contributed by atoms with E-state index in [1.54, 1.807) is 24.3 Å². The molecule has 4 heteroatoms. The van der Waals surface area contributed by atoms with E-state index >= 15 is 0 Å². The first-order valence-electron chi connectivity index (χ1n) is 7.72. The minimum atomic E-state index is -0.910. The summed E-state index contributed by atoms with van der Waals surface area (Å²) in [5.74, 6) is 0.647. The zero-order valence-corrected chi connectivity index (χ0v) is 12.9. The van der Waals surface area contributed by atoms with E-state index in [1.807, 2.05) is 0 Å². The van der Waals surface area contributed by atoms with E-state index in [1.165, 1.54) is 25.7 Å². The highest BCUT2D eigenvalue weighted by Gasteiger charge is 2.21. The first-order chi connectivity index (χ1) is 10.1. The Bertz CT molecular complexity index is 458. The highest BCUT2D eigenvalue weighted by atomic mass is 16.5. The molecular weight excluding hydrogens is 266 g/mol. The van der Waals surface area contributed by atoms with Crippen molar-refractivity contribution in [3.8, 4) is 5.75 Å². The van der Waals surface area contributed by atoms with Crippen molar-refractivity contribution in [1.29, 1.82) is 0 Å². The molecule has 0 heterocycles. The molecule has 0 aliphatic heterocycles. The highest BCUT2D eigenvalue weighted by Crippen LogP contribution is 2.26. The molecule has 0 aromatic heterocycles. The number of carboxylic acid groups (broad SMARTS) is 1. The van der Waals surface area contributed by atoms with Crippen LogP contribution in [-0.2, 0) is 0 Å². The van der Waals surface area contributed by atoms with Gasteiger partial charge in [-0.1, -0.05) is 19.8 Å². The molecule has 0 saturated heterocycles. The molecule has 116 valence electrons. The number of likely N-dealkylation sites (N-methyl/N-ethyl adjacent to an activating group) is 1. The second-order valence-corrected chi connectivity index (χ2v) is 6.08. The lowest BCUT2D eigenvalue weighted by molar-refractivity contribution is 0.0697. The van der Waals surface area contributed by atoms with E-state index in [0.29, 0.717) is 12.6 Å². The first-order valence-corrected chi connectivity index (χ1v) is 7.72. The van der Waals surface area contributed by atoms with Crippen molar-refractivity contribution < 1.29 is 14.6 Å². The molecule has 1 aromatic rings. The molecule has 1 aliphatic carbocycles. The minimum absolute atomic E-state index is 0.288. The zero-order valence-electron chi connectivity index (χ0n) is 12.9. The number of hydrogen-bond donors (Lipinski definition) is 1. The van der Waals surface area contributed by atoms with Crippen LogP contribution in [0.3, 0.4) is 0 Å². The van der Waals surface area contributed by atoms with Crippen LogP contribution in [0.4, 0.5) is 0 Å². The van der Waals surface area contributed by atoms with E-state index in [9.17, 15) is 4.79 Å². The van der Waals surface area contributed by atoms with Gasteiger partial charge in [0.15, 0.2) is 0 Å². The number of benzene rings is 1. The molecule has 21 heavy (non-hydrogen) atoms. The Morgan fingerprint density at radius 3 is 2.67 bits per heavy atom. The molecule has 0 bridgehead atoms. The van der Waals surface area contributed by atoms with Gasteiger partial charge in [0, 0.05) is 12.6 Å². The number of carboxylic acids is 1. The molecule has 1 saturated carbocycles. The fourth-order valence-electron chi connectivity index (χ4n) is 2.99. The predicted octanol–water partition coefficient (Wildman–Crippen LogP) is 3.27. The summed E-state index contributed by atoms with van der Waals surface area (Å²) in [6.45, 7) is 3.87. The van der Waals surface area contributed by atoms with Gasteiger partial charge in [0.05, 0.1) is 5.56 Å². The standard InChI is InChI=1S/C17H25NO3/c1-13-4-3-5-15(12-13)18(2)10-11-21-16-8-6-14(7-9-16)17(19)20/h6-9,13,15H,3-5,10-12H2,1-2H3,(H,19,20). The summed E-state index contributed by atoms with van der Waals surface area (Å²) >= 11 is 0. The molecule has 0 amide bonds. The molecule has 1 aromatic carbocycles. The summed E-state index contributed by atoms with van der Waals surface area (Å²) < 4.78 is 5.69. The monoisotopic (exact) mass is 291 g/mol. The third-order valence-electron chi connectivity index (χ3n) is 4.35. The van der Waals surface area contributed by atoms with Gasteiger partial charge in [-0.25, -0.2) is 4.79 Å². The molecule has 2 rings (SSSR count). The third kappa shape index (κ3) is 4.74. The van der Waals surface area contributed by atoms with Crippen molar-refractivity contribution in [3.63, 3.8) is 0 Å². The third-order valence-corrected chi connectivity index (χ3v) is 4.35. The Morgan fingerprint density at radius 2 is 2.05 bits per heavy atom. The molecule has 0 spiro atoms. The summed E-state index contributed by atoms with van der Waals surface area (Å²) in [7, 11) is 2.17. The van der Waals surface area contributed by atoms with Crippen LogP contribution in [0.25, 0.3) is 0 Å². The number of nitrogens with zero attached hydrogens (tertiary/aromatic N) is 1. The maximum absolute atomic E-state index is 10.8. The van der Waals surface area contributed by atoms with Gasteiger partial charge in [-0.3, -0.25) is 0 Å². The Morgan fingerprint density at radius 1 is 1.33 bits per heavy atom. The average Bonchev–Trinajstić information content (AvgIpc) is 2.47. The molecule has 0 radical (unpaired) electrons. The quantitative estimate of drug-likeness (QED) is 0.874. The lowest BCUT2D eigenvalue weighted by Crippen LogP contribution is -2.37. The van der Waals surface area contributed by atoms with Crippen molar-refractivity contribution in [1.82, 2.24) is 4.90 Å². The lowest BCUT2D eigenvalue weighted by Gasteiger charge is -2.34. The van der Waals surface area contributed by atoms with Crippen LogP contribution in [0, 0.1) is 5.92 Å². The average molecular weight is 291 g/mol. The maximum Gasteiger partial charge on any atom is 0.335 e. The fourth-order valence-corrected chi connectivity index (χ4v) is 2.99. The number of aromatic carboxylic acids is 1. The van der Waals surface area contributed by atoms with Gasteiger partial charge in [-0.15, -0.1) is 0 Å². The van der Waals surface area contributed by atoms with Gasteiger partial charge in [-0.05, 0) is 50.1 Å². The summed E-state index contributed by atoms with van der Waals surface area (Å²) in [5, 5.41) is 8.84. The normalized spacial score (nSPS) is 22.2. The topological polar surface area (TPSA) is 49.8 Å². The molecular formula is C17H25NO3. The molecule has 4 nitrogen and oxygen atoms in total. The molecule has 2 atom stereocenters. The Labute approximate surface area is 126 Å². The largest absolute Gasteiger partial charge is 0.492 e. The first kappa shape index (κ1) is 15.8. The van der Waals surface area contributed by atoms with Crippen LogP contribution in [0.5, 0.6) is 5.75 Å². The molecule has 1 aliphatic rings. The van der Waals surface area contributed by atoms with Crippen LogP contribution in [0.15, 0.2) is 24.3 Å². The molecule has 1 fully saturated rings. The van der Waals surface area contributed by atoms with Crippen LogP contribution < -0.4 is 4.74 Å². The van der Waals surface area contributed by atoms with Gasteiger partial charge in [-0.2, -0.15) is 0 Å².